The van der Waals surface area contributed by atoms with Crippen LogP contribution in [0.1, 0.15) is 11.1 Å². The van der Waals surface area contributed by atoms with Gasteiger partial charge in [-0.05, 0) is 23.4 Å². The summed E-state index contributed by atoms with van der Waals surface area (Å²) in [4.78, 5) is 11.1. The van der Waals surface area contributed by atoms with Gasteiger partial charge >= 0.3 is 0 Å². The van der Waals surface area contributed by atoms with E-state index in [9.17, 15) is 4.79 Å². The van der Waals surface area contributed by atoms with Gasteiger partial charge in [-0.2, -0.15) is 11.8 Å². The molecule has 0 radical (unpaired) electrons. The summed E-state index contributed by atoms with van der Waals surface area (Å²) < 4.78 is 0. The fourth-order valence-electron chi connectivity index (χ4n) is 1.54. The predicted octanol–water partition coefficient (Wildman–Crippen LogP) is 2.04. The van der Waals surface area contributed by atoms with Crippen molar-refractivity contribution in [1.29, 1.82) is 0 Å². The molecule has 1 N–H and O–H groups in total. The third-order valence-corrected chi connectivity index (χ3v) is 2.73. The van der Waals surface area contributed by atoms with E-state index in [4.69, 9.17) is 0 Å². The SMILES string of the molecule is CSCc1ccc2c(c1)CC(=O)N2. The zero-order chi connectivity index (χ0) is 9.26. The van der Waals surface area contributed by atoms with Crippen LogP contribution in [0.5, 0.6) is 0 Å². The van der Waals surface area contributed by atoms with E-state index in [1.807, 2.05) is 6.07 Å². The third-order valence-electron chi connectivity index (χ3n) is 2.11. The normalized spacial score (nSPS) is 14.1. The molecule has 0 saturated heterocycles. The van der Waals surface area contributed by atoms with Crippen molar-refractivity contribution in [3.05, 3.63) is 29.3 Å². The molecular weight excluding hydrogens is 182 g/mol. The lowest BCUT2D eigenvalue weighted by Gasteiger charge is -2.01. The maximum atomic E-state index is 11.1. The van der Waals surface area contributed by atoms with Crippen LogP contribution < -0.4 is 5.32 Å². The van der Waals surface area contributed by atoms with Crippen molar-refractivity contribution >= 4 is 23.4 Å². The van der Waals surface area contributed by atoms with E-state index in [1.165, 1.54) is 5.56 Å². The average Bonchev–Trinajstić information content (AvgIpc) is 2.44. The van der Waals surface area contributed by atoms with E-state index in [2.05, 4.69) is 23.7 Å². The lowest BCUT2D eigenvalue weighted by molar-refractivity contribution is -0.115. The molecule has 1 aliphatic rings. The van der Waals surface area contributed by atoms with Gasteiger partial charge in [0.1, 0.15) is 0 Å². The third kappa shape index (κ3) is 1.70. The predicted molar refractivity (Wildman–Crippen MR) is 56.0 cm³/mol. The maximum Gasteiger partial charge on any atom is 0.228 e. The van der Waals surface area contributed by atoms with Gasteiger partial charge in [-0.1, -0.05) is 12.1 Å². The highest BCUT2D eigenvalue weighted by Gasteiger charge is 2.16. The number of hydrogen-bond donors (Lipinski definition) is 1. The molecule has 2 rings (SSSR count). The highest BCUT2D eigenvalue weighted by atomic mass is 32.2. The molecule has 1 aromatic rings. The van der Waals surface area contributed by atoms with Crippen LogP contribution in [-0.2, 0) is 17.0 Å². The Labute approximate surface area is 81.7 Å². The van der Waals surface area contributed by atoms with Crippen LogP contribution in [0.2, 0.25) is 0 Å². The molecule has 0 atom stereocenters. The van der Waals surface area contributed by atoms with Crippen LogP contribution in [0, 0.1) is 0 Å². The van der Waals surface area contributed by atoms with E-state index < -0.39 is 0 Å². The number of fused-ring (bicyclic) bond motifs is 1. The van der Waals surface area contributed by atoms with Crippen molar-refractivity contribution in [3.63, 3.8) is 0 Å². The highest BCUT2D eigenvalue weighted by Crippen LogP contribution is 2.24. The summed E-state index contributed by atoms with van der Waals surface area (Å²) in [5, 5.41) is 2.82. The first-order chi connectivity index (χ1) is 6.29. The van der Waals surface area contributed by atoms with Crippen LogP contribution in [0.3, 0.4) is 0 Å². The van der Waals surface area contributed by atoms with Gasteiger partial charge in [-0.3, -0.25) is 4.79 Å². The standard InChI is InChI=1S/C10H11NOS/c1-13-6-7-2-3-9-8(4-7)5-10(12)11-9/h2-4H,5-6H2,1H3,(H,11,12). The Morgan fingerprint density at radius 1 is 1.54 bits per heavy atom. The number of anilines is 1. The molecule has 0 fully saturated rings. The Balaban J connectivity index is 2.29. The second-order valence-corrected chi connectivity index (χ2v) is 4.02. The van der Waals surface area contributed by atoms with Gasteiger partial charge in [0.05, 0.1) is 6.42 Å². The molecular formula is C10H11NOS. The fraction of sp³-hybridized carbons (Fsp3) is 0.300. The minimum atomic E-state index is 0.108. The number of benzene rings is 1. The molecule has 0 aromatic heterocycles. The Bertz CT molecular complexity index is 349. The zero-order valence-electron chi connectivity index (χ0n) is 7.46. The van der Waals surface area contributed by atoms with E-state index in [1.54, 1.807) is 11.8 Å². The summed E-state index contributed by atoms with van der Waals surface area (Å²) in [6.45, 7) is 0. The van der Waals surface area contributed by atoms with Crippen LogP contribution >= 0.6 is 11.8 Å². The molecule has 1 aliphatic heterocycles. The Morgan fingerprint density at radius 2 is 2.38 bits per heavy atom. The molecule has 13 heavy (non-hydrogen) atoms. The first-order valence-corrected chi connectivity index (χ1v) is 5.59. The Morgan fingerprint density at radius 3 is 3.15 bits per heavy atom. The number of amides is 1. The summed E-state index contributed by atoms with van der Waals surface area (Å²) in [5.41, 5.74) is 3.41. The zero-order valence-corrected chi connectivity index (χ0v) is 8.28. The second kappa shape index (κ2) is 3.42. The monoisotopic (exact) mass is 193 g/mol. The second-order valence-electron chi connectivity index (χ2n) is 3.15. The van der Waals surface area contributed by atoms with Crippen LogP contribution in [0.15, 0.2) is 18.2 Å². The van der Waals surface area contributed by atoms with E-state index in [0.717, 1.165) is 17.0 Å². The van der Waals surface area contributed by atoms with Gasteiger partial charge < -0.3 is 5.32 Å². The minimum Gasteiger partial charge on any atom is -0.326 e. The van der Waals surface area contributed by atoms with Crippen molar-refractivity contribution in [2.75, 3.05) is 11.6 Å². The van der Waals surface area contributed by atoms with Gasteiger partial charge in [-0.25, -0.2) is 0 Å². The number of hydrogen-bond acceptors (Lipinski definition) is 2. The van der Waals surface area contributed by atoms with Crippen molar-refractivity contribution in [2.45, 2.75) is 12.2 Å². The first kappa shape index (κ1) is 8.63. The summed E-state index contributed by atoms with van der Waals surface area (Å²) in [7, 11) is 0. The van der Waals surface area contributed by atoms with Gasteiger partial charge in [0.25, 0.3) is 0 Å². The summed E-state index contributed by atoms with van der Waals surface area (Å²) >= 11 is 1.80. The molecule has 0 bridgehead atoms. The lowest BCUT2D eigenvalue weighted by Crippen LogP contribution is -2.03. The topological polar surface area (TPSA) is 29.1 Å². The van der Waals surface area contributed by atoms with Gasteiger partial charge in [0.15, 0.2) is 0 Å². The van der Waals surface area contributed by atoms with E-state index in [0.29, 0.717) is 6.42 Å². The summed E-state index contributed by atoms with van der Waals surface area (Å²) in [6, 6.07) is 6.18. The molecule has 68 valence electrons. The van der Waals surface area contributed by atoms with Crippen molar-refractivity contribution in [1.82, 2.24) is 0 Å². The highest BCUT2D eigenvalue weighted by molar-refractivity contribution is 7.97. The molecule has 0 unspecified atom stereocenters. The molecule has 1 heterocycles. The number of carbonyl (C=O) groups is 1. The van der Waals surface area contributed by atoms with Crippen LogP contribution in [0.25, 0.3) is 0 Å². The smallest absolute Gasteiger partial charge is 0.228 e. The minimum absolute atomic E-state index is 0.108. The average molecular weight is 193 g/mol. The summed E-state index contributed by atoms with van der Waals surface area (Å²) in [6.07, 6.45) is 2.62. The van der Waals surface area contributed by atoms with Gasteiger partial charge in [-0.15, -0.1) is 0 Å². The van der Waals surface area contributed by atoms with Crippen LogP contribution in [0.4, 0.5) is 5.69 Å². The summed E-state index contributed by atoms with van der Waals surface area (Å²) in [5.74, 6) is 1.12. The maximum absolute atomic E-state index is 11.1. The van der Waals surface area contributed by atoms with E-state index >= 15 is 0 Å². The number of thioether (sulfide) groups is 1. The number of rotatable bonds is 2. The quantitative estimate of drug-likeness (QED) is 0.778. The molecule has 0 saturated carbocycles. The Hall–Kier alpha value is -0.960. The first-order valence-electron chi connectivity index (χ1n) is 4.20. The van der Waals surface area contributed by atoms with Gasteiger partial charge in [0.2, 0.25) is 5.91 Å². The Kier molecular flexibility index (Phi) is 2.27. The molecule has 0 spiro atoms. The van der Waals surface area contributed by atoms with Crippen molar-refractivity contribution < 1.29 is 4.79 Å². The molecule has 2 nitrogen and oxygen atoms in total. The largest absolute Gasteiger partial charge is 0.326 e. The lowest BCUT2D eigenvalue weighted by atomic mass is 10.1. The number of nitrogens with one attached hydrogen (secondary N) is 1. The van der Waals surface area contributed by atoms with E-state index in [-0.39, 0.29) is 5.91 Å². The molecule has 0 aliphatic carbocycles. The van der Waals surface area contributed by atoms with Gasteiger partial charge in [0, 0.05) is 11.4 Å². The molecule has 1 aromatic carbocycles. The molecule has 1 amide bonds. The van der Waals surface area contributed by atoms with Crippen molar-refractivity contribution in [2.24, 2.45) is 0 Å². The fourth-order valence-corrected chi connectivity index (χ4v) is 2.05. The molecule has 3 heteroatoms. The van der Waals surface area contributed by atoms with Crippen LogP contribution in [-0.4, -0.2) is 12.2 Å². The number of carbonyl (C=O) groups excluding carboxylic acids is 1. The van der Waals surface area contributed by atoms with Crippen molar-refractivity contribution in [3.8, 4) is 0 Å².